The molecule has 0 atom stereocenters. The van der Waals surface area contributed by atoms with E-state index in [0.29, 0.717) is 0 Å². The van der Waals surface area contributed by atoms with Gasteiger partial charge in [0.1, 0.15) is 0 Å². The number of hydrogen-bond acceptors (Lipinski definition) is 5. The van der Waals surface area contributed by atoms with E-state index in [1.54, 1.807) is 11.3 Å². The van der Waals surface area contributed by atoms with E-state index >= 15 is 0 Å². The molecule has 0 aliphatic carbocycles. The molecule has 2 heterocycles. The van der Waals surface area contributed by atoms with Crippen molar-refractivity contribution in [1.82, 2.24) is 15.3 Å². The molecule has 20 heavy (non-hydrogen) atoms. The van der Waals surface area contributed by atoms with E-state index < -0.39 is 0 Å². The van der Waals surface area contributed by atoms with Crippen molar-refractivity contribution in [2.24, 2.45) is 0 Å². The Bertz CT molecular complexity index is 565. The van der Waals surface area contributed by atoms with Crippen molar-refractivity contribution in [1.29, 1.82) is 0 Å². The monoisotopic (exact) mass is 290 g/mol. The minimum Gasteiger partial charge on any atom is -0.369 e. The number of thiazole rings is 1. The second-order valence-corrected chi connectivity index (χ2v) is 5.89. The lowest BCUT2D eigenvalue weighted by atomic mass is 10.2. The van der Waals surface area contributed by atoms with E-state index in [1.165, 1.54) is 16.1 Å². The number of hydrogen-bond donors (Lipinski definition) is 1. The lowest BCUT2D eigenvalue weighted by Gasteiger charge is -2.22. The van der Waals surface area contributed by atoms with Crippen LogP contribution in [-0.2, 0) is 13.1 Å². The van der Waals surface area contributed by atoms with Gasteiger partial charge in [0, 0.05) is 41.6 Å². The predicted molar refractivity (Wildman–Crippen MR) is 85.3 cm³/mol. The average Bonchev–Trinajstić information content (AvgIpc) is 2.83. The van der Waals surface area contributed by atoms with Gasteiger partial charge in [-0.3, -0.25) is 4.98 Å². The quantitative estimate of drug-likeness (QED) is 0.888. The van der Waals surface area contributed by atoms with Crippen molar-refractivity contribution in [3.63, 3.8) is 0 Å². The maximum absolute atomic E-state index is 4.41. The molecule has 0 saturated carbocycles. The zero-order valence-corrected chi connectivity index (χ0v) is 13.4. The summed E-state index contributed by atoms with van der Waals surface area (Å²) >= 11 is 1.72. The maximum Gasteiger partial charge on any atom is 0.0798 e. The summed E-state index contributed by atoms with van der Waals surface area (Å²) in [5, 5.41) is 3.37. The summed E-state index contributed by atoms with van der Waals surface area (Å²) < 4.78 is 0. The minimum atomic E-state index is 0.852. The normalized spacial score (nSPS) is 10.8. The summed E-state index contributed by atoms with van der Waals surface area (Å²) in [6, 6.07) is 2.16. The van der Waals surface area contributed by atoms with E-state index in [9.17, 15) is 0 Å². The molecule has 4 nitrogen and oxygen atoms in total. The summed E-state index contributed by atoms with van der Waals surface area (Å²) in [5.74, 6) is 0. The van der Waals surface area contributed by atoms with Gasteiger partial charge < -0.3 is 10.2 Å². The van der Waals surface area contributed by atoms with Crippen LogP contribution in [0.3, 0.4) is 0 Å². The summed E-state index contributed by atoms with van der Waals surface area (Å²) in [7, 11) is 2.13. The Morgan fingerprint density at radius 2 is 2.10 bits per heavy atom. The lowest BCUT2D eigenvalue weighted by Crippen LogP contribution is -2.21. The molecule has 0 aromatic carbocycles. The molecule has 0 aliphatic rings. The van der Waals surface area contributed by atoms with Crippen LogP contribution in [0.25, 0.3) is 0 Å². The third-order valence-electron chi connectivity index (χ3n) is 3.30. The van der Waals surface area contributed by atoms with Crippen LogP contribution in [-0.4, -0.2) is 23.6 Å². The number of pyridine rings is 1. The highest BCUT2D eigenvalue weighted by molar-refractivity contribution is 7.09. The number of rotatable bonds is 6. The SMILES string of the molecule is CCNCc1cnc(C)cc1N(C)Cc1scnc1C. The van der Waals surface area contributed by atoms with Gasteiger partial charge in [0.15, 0.2) is 0 Å². The molecule has 2 aromatic heterocycles. The van der Waals surface area contributed by atoms with Gasteiger partial charge in [-0.2, -0.15) is 0 Å². The van der Waals surface area contributed by atoms with Crippen LogP contribution in [0.15, 0.2) is 17.8 Å². The lowest BCUT2D eigenvalue weighted by molar-refractivity contribution is 0.720. The molecule has 0 bridgehead atoms. The Balaban J connectivity index is 2.21. The van der Waals surface area contributed by atoms with Crippen molar-refractivity contribution in [3.8, 4) is 0 Å². The zero-order valence-electron chi connectivity index (χ0n) is 12.6. The first kappa shape index (κ1) is 14.9. The molecular weight excluding hydrogens is 268 g/mol. The fourth-order valence-electron chi connectivity index (χ4n) is 2.10. The highest BCUT2D eigenvalue weighted by Gasteiger charge is 2.11. The van der Waals surface area contributed by atoms with Crippen LogP contribution in [0.2, 0.25) is 0 Å². The van der Waals surface area contributed by atoms with Crippen molar-refractivity contribution >= 4 is 17.0 Å². The second kappa shape index (κ2) is 6.81. The third-order valence-corrected chi connectivity index (χ3v) is 4.22. The molecule has 0 fully saturated rings. The molecule has 0 spiro atoms. The Kier molecular flexibility index (Phi) is 5.09. The van der Waals surface area contributed by atoms with E-state index in [4.69, 9.17) is 0 Å². The Morgan fingerprint density at radius 3 is 2.75 bits per heavy atom. The molecule has 0 saturated heterocycles. The molecule has 0 amide bonds. The highest BCUT2D eigenvalue weighted by Crippen LogP contribution is 2.23. The third kappa shape index (κ3) is 3.55. The molecule has 0 radical (unpaired) electrons. The van der Waals surface area contributed by atoms with Crippen LogP contribution in [0.4, 0.5) is 5.69 Å². The fourth-order valence-corrected chi connectivity index (χ4v) is 2.93. The van der Waals surface area contributed by atoms with E-state index in [0.717, 1.165) is 31.0 Å². The van der Waals surface area contributed by atoms with Crippen molar-refractivity contribution in [2.75, 3.05) is 18.5 Å². The van der Waals surface area contributed by atoms with Crippen LogP contribution < -0.4 is 10.2 Å². The van der Waals surface area contributed by atoms with Crippen molar-refractivity contribution < 1.29 is 0 Å². The molecule has 0 unspecified atom stereocenters. The van der Waals surface area contributed by atoms with Crippen LogP contribution in [0, 0.1) is 13.8 Å². The Labute approximate surface area is 124 Å². The fraction of sp³-hybridized carbons (Fsp3) is 0.467. The number of nitrogens with one attached hydrogen (secondary N) is 1. The number of nitrogens with zero attached hydrogens (tertiary/aromatic N) is 3. The molecular formula is C15H22N4S. The Hall–Kier alpha value is -1.46. The predicted octanol–water partition coefficient (Wildman–Crippen LogP) is 2.90. The number of aromatic nitrogens is 2. The zero-order chi connectivity index (χ0) is 14.5. The highest BCUT2D eigenvalue weighted by atomic mass is 32.1. The largest absolute Gasteiger partial charge is 0.369 e. The Morgan fingerprint density at radius 1 is 1.30 bits per heavy atom. The first-order valence-corrected chi connectivity index (χ1v) is 7.76. The molecule has 2 aromatic rings. The van der Waals surface area contributed by atoms with Crippen molar-refractivity contribution in [2.45, 2.75) is 33.9 Å². The van der Waals surface area contributed by atoms with Gasteiger partial charge in [0.25, 0.3) is 0 Å². The average molecular weight is 290 g/mol. The van der Waals surface area contributed by atoms with Gasteiger partial charge >= 0.3 is 0 Å². The minimum absolute atomic E-state index is 0.852. The van der Waals surface area contributed by atoms with Gasteiger partial charge in [-0.15, -0.1) is 11.3 Å². The van der Waals surface area contributed by atoms with Gasteiger partial charge in [-0.05, 0) is 26.5 Å². The second-order valence-electron chi connectivity index (χ2n) is 4.95. The molecule has 0 aliphatic heterocycles. The van der Waals surface area contributed by atoms with Gasteiger partial charge in [0.2, 0.25) is 0 Å². The van der Waals surface area contributed by atoms with E-state index in [2.05, 4.69) is 47.1 Å². The summed E-state index contributed by atoms with van der Waals surface area (Å²) in [5.41, 5.74) is 6.57. The smallest absolute Gasteiger partial charge is 0.0798 e. The molecule has 2 rings (SSSR count). The molecule has 108 valence electrons. The van der Waals surface area contributed by atoms with Gasteiger partial charge in [-0.1, -0.05) is 6.92 Å². The van der Waals surface area contributed by atoms with Crippen LogP contribution in [0.1, 0.15) is 28.8 Å². The van der Waals surface area contributed by atoms with Crippen LogP contribution >= 0.6 is 11.3 Å². The van der Waals surface area contributed by atoms with Crippen molar-refractivity contribution in [3.05, 3.63) is 39.6 Å². The van der Waals surface area contributed by atoms with E-state index in [1.807, 2.05) is 18.6 Å². The first-order chi connectivity index (χ1) is 9.61. The van der Waals surface area contributed by atoms with Crippen LogP contribution in [0.5, 0.6) is 0 Å². The van der Waals surface area contributed by atoms with E-state index in [-0.39, 0.29) is 0 Å². The summed E-state index contributed by atoms with van der Waals surface area (Å²) in [4.78, 5) is 12.3. The molecule has 1 N–H and O–H groups in total. The van der Waals surface area contributed by atoms with Gasteiger partial charge in [0.05, 0.1) is 17.7 Å². The number of aryl methyl sites for hydroxylation is 2. The topological polar surface area (TPSA) is 41.1 Å². The van der Waals surface area contributed by atoms with Gasteiger partial charge in [-0.25, -0.2) is 4.98 Å². The summed E-state index contributed by atoms with van der Waals surface area (Å²) in [6.45, 7) is 8.92. The molecule has 5 heteroatoms. The summed E-state index contributed by atoms with van der Waals surface area (Å²) in [6.07, 6.45) is 1.98. The standard InChI is InChI=1S/C15H22N4S/c1-5-16-7-13-8-17-11(2)6-14(13)19(4)9-15-12(3)18-10-20-15/h6,8,10,16H,5,7,9H2,1-4H3. The first-order valence-electron chi connectivity index (χ1n) is 6.88. The number of anilines is 1. The maximum atomic E-state index is 4.41.